The fourth-order valence-corrected chi connectivity index (χ4v) is 3.24. The summed E-state index contributed by atoms with van der Waals surface area (Å²) >= 11 is 6.13. The fourth-order valence-electron chi connectivity index (χ4n) is 2.98. The van der Waals surface area contributed by atoms with E-state index in [9.17, 15) is 0 Å². The molecule has 1 aromatic rings. The first-order valence-corrected chi connectivity index (χ1v) is 8.90. The molecule has 0 bridgehead atoms. The van der Waals surface area contributed by atoms with Gasteiger partial charge >= 0.3 is 0 Å². The first-order valence-electron chi connectivity index (χ1n) is 8.52. The minimum atomic E-state index is -0.101. The van der Waals surface area contributed by atoms with Crippen LogP contribution < -0.4 is 15.8 Å². The number of aliphatic imine (C=N–C) groups is 1. The Labute approximate surface area is 155 Å². The number of nitrogens with one attached hydrogen (secondary N) is 1. The maximum absolute atomic E-state index is 6.13. The van der Waals surface area contributed by atoms with E-state index in [2.05, 4.69) is 42.9 Å². The Morgan fingerprint density at radius 2 is 2.04 bits per heavy atom. The predicted molar refractivity (Wildman–Crippen MR) is 104 cm³/mol. The highest BCUT2D eigenvalue weighted by Crippen LogP contribution is 2.27. The molecule has 6 nitrogen and oxygen atoms in total. The molecule has 1 aliphatic heterocycles. The molecule has 25 heavy (non-hydrogen) atoms. The third kappa shape index (κ3) is 5.49. The van der Waals surface area contributed by atoms with Crippen molar-refractivity contribution in [2.24, 2.45) is 10.7 Å². The van der Waals surface area contributed by atoms with Crippen molar-refractivity contribution in [3.63, 3.8) is 0 Å². The van der Waals surface area contributed by atoms with E-state index in [1.807, 2.05) is 6.07 Å². The number of anilines is 1. The molecule has 3 N–H and O–H groups in total. The van der Waals surface area contributed by atoms with Crippen molar-refractivity contribution < 1.29 is 9.47 Å². The number of nitrogens with zero attached hydrogens (tertiary/aromatic N) is 2. The summed E-state index contributed by atoms with van der Waals surface area (Å²) < 4.78 is 11.0. The normalized spacial score (nSPS) is 22.7. The van der Waals surface area contributed by atoms with Crippen molar-refractivity contribution in [1.82, 2.24) is 4.90 Å². The van der Waals surface area contributed by atoms with E-state index in [0.717, 1.165) is 18.8 Å². The first kappa shape index (κ1) is 19.8. The number of rotatable bonds is 5. The van der Waals surface area contributed by atoms with Crippen molar-refractivity contribution in [1.29, 1.82) is 0 Å². The number of guanidine groups is 1. The molecule has 0 radical (unpaired) electrons. The lowest BCUT2D eigenvalue weighted by Gasteiger charge is -2.44. The van der Waals surface area contributed by atoms with Crippen LogP contribution in [0.2, 0.25) is 5.02 Å². The van der Waals surface area contributed by atoms with Crippen molar-refractivity contribution in [2.75, 3.05) is 32.1 Å². The van der Waals surface area contributed by atoms with Gasteiger partial charge in [0, 0.05) is 24.3 Å². The molecule has 0 spiro atoms. The molecule has 1 fully saturated rings. The number of hydrogen-bond donors (Lipinski definition) is 2. The van der Waals surface area contributed by atoms with Gasteiger partial charge < -0.3 is 20.5 Å². The number of ether oxygens (including phenoxy) is 2. The molecule has 1 aromatic carbocycles. The summed E-state index contributed by atoms with van der Waals surface area (Å²) in [5.74, 6) is 0.989. The molecule has 1 saturated heterocycles. The van der Waals surface area contributed by atoms with Gasteiger partial charge in [0.25, 0.3) is 0 Å². The van der Waals surface area contributed by atoms with E-state index in [1.54, 1.807) is 19.2 Å². The second kappa shape index (κ2) is 8.25. The highest BCUT2D eigenvalue weighted by atomic mass is 35.5. The number of benzene rings is 1. The van der Waals surface area contributed by atoms with Crippen LogP contribution in [0.25, 0.3) is 0 Å². The van der Waals surface area contributed by atoms with Crippen LogP contribution in [0.15, 0.2) is 23.2 Å². The van der Waals surface area contributed by atoms with Gasteiger partial charge in [-0.25, -0.2) is 0 Å². The average molecular weight is 369 g/mol. The van der Waals surface area contributed by atoms with Crippen LogP contribution in [0.5, 0.6) is 5.75 Å². The SMILES string of the molecule is COc1ccc(NC(N)=NCC(C)(C)N2CC(C)OC(C)C2)cc1Cl. The Balaban J connectivity index is 1.98. The number of morpholine rings is 1. The largest absolute Gasteiger partial charge is 0.495 e. The van der Waals surface area contributed by atoms with Crippen molar-refractivity contribution in [3.8, 4) is 5.75 Å². The molecule has 0 saturated carbocycles. The minimum Gasteiger partial charge on any atom is -0.495 e. The molecule has 1 aliphatic rings. The lowest BCUT2D eigenvalue weighted by atomic mass is 10.0. The molecule has 2 atom stereocenters. The Bertz CT molecular complexity index is 611. The summed E-state index contributed by atoms with van der Waals surface area (Å²) in [6.45, 7) is 11.0. The quantitative estimate of drug-likeness (QED) is 0.617. The van der Waals surface area contributed by atoms with E-state index >= 15 is 0 Å². The molecule has 0 aromatic heterocycles. The number of methoxy groups -OCH3 is 1. The van der Waals surface area contributed by atoms with Crippen molar-refractivity contribution in [2.45, 2.75) is 45.4 Å². The number of hydrogen-bond acceptors (Lipinski definition) is 4. The summed E-state index contributed by atoms with van der Waals surface area (Å²) in [6, 6.07) is 5.40. The van der Waals surface area contributed by atoms with E-state index in [1.165, 1.54) is 0 Å². The first-order chi connectivity index (χ1) is 11.7. The summed E-state index contributed by atoms with van der Waals surface area (Å²) in [5.41, 5.74) is 6.71. The zero-order valence-electron chi connectivity index (χ0n) is 15.7. The molecule has 2 rings (SSSR count). The zero-order chi connectivity index (χ0) is 18.6. The maximum atomic E-state index is 6.13. The van der Waals surface area contributed by atoms with E-state index in [-0.39, 0.29) is 17.7 Å². The van der Waals surface area contributed by atoms with Crippen LogP contribution in [0.3, 0.4) is 0 Å². The number of nitrogens with two attached hydrogens (primary N) is 1. The van der Waals surface area contributed by atoms with Crippen molar-refractivity contribution in [3.05, 3.63) is 23.2 Å². The van der Waals surface area contributed by atoms with Crippen LogP contribution in [-0.4, -0.2) is 55.4 Å². The van der Waals surface area contributed by atoms with Gasteiger partial charge in [0.05, 0.1) is 30.9 Å². The fraction of sp³-hybridized carbons (Fsp3) is 0.611. The lowest BCUT2D eigenvalue weighted by molar-refractivity contribution is -0.0939. The molecule has 7 heteroatoms. The summed E-state index contributed by atoms with van der Waals surface area (Å²) in [5, 5.41) is 3.60. The molecule has 2 unspecified atom stereocenters. The Morgan fingerprint density at radius 3 is 2.60 bits per heavy atom. The van der Waals surface area contributed by atoms with Crippen LogP contribution >= 0.6 is 11.6 Å². The molecule has 0 aliphatic carbocycles. The van der Waals surface area contributed by atoms with Crippen LogP contribution in [0, 0.1) is 0 Å². The summed E-state index contributed by atoms with van der Waals surface area (Å²) in [6.07, 6.45) is 0.452. The Hall–Kier alpha value is -1.50. The summed E-state index contributed by atoms with van der Waals surface area (Å²) in [4.78, 5) is 6.92. The summed E-state index contributed by atoms with van der Waals surface area (Å²) in [7, 11) is 1.58. The third-order valence-electron chi connectivity index (χ3n) is 4.34. The van der Waals surface area contributed by atoms with Crippen LogP contribution in [0.4, 0.5) is 5.69 Å². The average Bonchev–Trinajstić information content (AvgIpc) is 2.52. The zero-order valence-corrected chi connectivity index (χ0v) is 16.4. The molecule has 0 amide bonds. The second-order valence-electron chi connectivity index (χ2n) is 7.15. The number of halogens is 1. The Morgan fingerprint density at radius 1 is 1.40 bits per heavy atom. The maximum Gasteiger partial charge on any atom is 0.193 e. The predicted octanol–water partition coefficient (Wildman–Crippen LogP) is 2.96. The molecule has 140 valence electrons. The van der Waals surface area contributed by atoms with Gasteiger partial charge in [-0.3, -0.25) is 9.89 Å². The van der Waals surface area contributed by atoms with Crippen LogP contribution in [-0.2, 0) is 4.74 Å². The van der Waals surface area contributed by atoms with Gasteiger partial charge in [0.1, 0.15) is 5.75 Å². The van der Waals surface area contributed by atoms with Gasteiger partial charge in [0.2, 0.25) is 0 Å². The highest BCUT2D eigenvalue weighted by Gasteiger charge is 2.33. The van der Waals surface area contributed by atoms with E-state index in [0.29, 0.717) is 23.3 Å². The van der Waals surface area contributed by atoms with Gasteiger partial charge in [-0.15, -0.1) is 0 Å². The lowest BCUT2D eigenvalue weighted by Crippen LogP contribution is -2.56. The van der Waals surface area contributed by atoms with E-state index in [4.69, 9.17) is 26.8 Å². The van der Waals surface area contributed by atoms with Gasteiger partial charge in [-0.2, -0.15) is 0 Å². The monoisotopic (exact) mass is 368 g/mol. The topological polar surface area (TPSA) is 72.1 Å². The highest BCUT2D eigenvalue weighted by molar-refractivity contribution is 6.32. The van der Waals surface area contributed by atoms with Gasteiger partial charge in [-0.1, -0.05) is 11.6 Å². The molecular weight excluding hydrogens is 340 g/mol. The smallest absolute Gasteiger partial charge is 0.193 e. The standard InChI is InChI=1S/C18H29ClN4O2/c1-12-9-23(10-13(2)25-12)18(3,4)11-21-17(20)22-14-6-7-16(24-5)15(19)8-14/h6-8,12-13H,9-11H2,1-5H3,(H3,20,21,22). The van der Waals surface area contributed by atoms with Gasteiger partial charge in [-0.05, 0) is 45.9 Å². The Kier molecular flexibility index (Phi) is 6.54. The van der Waals surface area contributed by atoms with Crippen LogP contribution in [0.1, 0.15) is 27.7 Å². The molecular formula is C18H29ClN4O2. The van der Waals surface area contributed by atoms with Gasteiger partial charge in [0.15, 0.2) is 5.96 Å². The molecule has 1 heterocycles. The second-order valence-corrected chi connectivity index (χ2v) is 7.56. The van der Waals surface area contributed by atoms with E-state index < -0.39 is 0 Å². The third-order valence-corrected chi connectivity index (χ3v) is 4.63. The minimum absolute atomic E-state index is 0.101. The van der Waals surface area contributed by atoms with Crippen molar-refractivity contribution >= 4 is 23.2 Å².